The van der Waals surface area contributed by atoms with Crippen molar-refractivity contribution in [3.63, 3.8) is 0 Å². The zero-order chi connectivity index (χ0) is 18.2. The normalized spacial score (nSPS) is 23.6. The van der Waals surface area contributed by atoms with Crippen LogP contribution in [-0.4, -0.2) is 20.6 Å². The lowest BCUT2D eigenvalue weighted by atomic mass is 9.75. The molecule has 0 aromatic carbocycles. The van der Waals surface area contributed by atoms with Crippen LogP contribution in [0.4, 0.5) is 5.69 Å². The average Bonchev–Trinajstić information content (AvgIpc) is 2.57. The molecule has 0 radical (unpaired) electrons. The monoisotopic (exact) mass is 380 g/mol. The van der Waals surface area contributed by atoms with E-state index in [4.69, 9.17) is 34.7 Å². The standard InChI is InChI=1S/C18H22Cl2N4O/c1-18(22)4-2-10(3-5-18)16-13(21)7-14(24-15(16)9-25)11-6-12(19)17(20)23-8-11/h6-8,10,25H,2-5,9,22H2,1H3,(H2,21,24). The lowest BCUT2D eigenvalue weighted by molar-refractivity contribution is 0.267. The number of rotatable bonds is 3. The molecule has 0 bridgehead atoms. The van der Waals surface area contributed by atoms with Crippen LogP contribution in [0.15, 0.2) is 18.3 Å². The third kappa shape index (κ3) is 3.90. The maximum atomic E-state index is 9.84. The fourth-order valence-electron chi connectivity index (χ4n) is 3.50. The quantitative estimate of drug-likeness (QED) is 0.701. The van der Waals surface area contributed by atoms with Crippen LogP contribution in [0.5, 0.6) is 0 Å². The summed E-state index contributed by atoms with van der Waals surface area (Å²) >= 11 is 11.9. The number of nitrogen functional groups attached to an aromatic ring is 1. The lowest BCUT2D eigenvalue weighted by Crippen LogP contribution is -2.39. The first-order chi connectivity index (χ1) is 11.8. The van der Waals surface area contributed by atoms with E-state index < -0.39 is 0 Å². The van der Waals surface area contributed by atoms with Crippen LogP contribution >= 0.6 is 23.2 Å². The molecule has 0 unspecified atom stereocenters. The molecule has 0 spiro atoms. The molecule has 2 aromatic rings. The maximum Gasteiger partial charge on any atom is 0.147 e. The number of nitrogens with zero attached hydrogens (tertiary/aromatic N) is 2. The van der Waals surface area contributed by atoms with E-state index in [1.807, 2.05) is 6.07 Å². The minimum Gasteiger partial charge on any atom is -0.398 e. The summed E-state index contributed by atoms with van der Waals surface area (Å²) in [5.41, 5.74) is 15.9. The van der Waals surface area contributed by atoms with Crippen LogP contribution in [-0.2, 0) is 6.61 Å². The summed E-state index contributed by atoms with van der Waals surface area (Å²) in [7, 11) is 0. The molecule has 3 rings (SSSR count). The van der Waals surface area contributed by atoms with E-state index in [0.717, 1.165) is 31.2 Å². The summed E-state index contributed by atoms with van der Waals surface area (Å²) in [6.45, 7) is 1.91. The van der Waals surface area contributed by atoms with Gasteiger partial charge in [0.1, 0.15) is 5.15 Å². The van der Waals surface area contributed by atoms with Crippen molar-refractivity contribution in [2.24, 2.45) is 5.73 Å². The molecule has 5 N–H and O–H groups in total. The van der Waals surface area contributed by atoms with E-state index >= 15 is 0 Å². The summed E-state index contributed by atoms with van der Waals surface area (Å²) in [6, 6.07) is 3.51. The highest BCUT2D eigenvalue weighted by atomic mass is 35.5. The Morgan fingerprint density at radius 3 is 2.56 bits per heavy atom. The Hall–Kier alpha value is -1.40. The largest absolute Gasteiger partial charge is 0.398 e. The summed E-state index contributed by atoms with van der Waals surface area (Å²) in [4.78, 5) is 8.65. The van der Waals surface area contributed by atoms with Gasteiger partial charge in [-0.05, 0) is 50.7 Å². The Morgan fingerprint density at radius 2 is 1.96 bits per heavy atom. The van der Waals surface area contributed by atoms with Crippen molar-refractivity contribution < 1.29 is 5.11 Å². The molecule has 134 valence electrons. The van der Waals surface area contributed by atoms with Crippen molar-refractivity contribution in [1.82, 2.24) is 9.97 Å². The lowest BCUT2D eigenvalue weighted by Gasteiger charge is -2.35. The number of aliphatic hydroxyl groups excluding tert-OH is 1. The smallest absolute Gasteiger partial charge is 0.147 e. The van der Waals surface area contributed by atoms with E-state index in [1.165, 1.54) is 0 Å². The van der Waals surface area contributed by atoms with Gasteiger partial charge in [-0.15, -0.1) is 0 Å². The Labute approximate surface area is 157 Å². The van der Waals surface area contributed by atoms with E-state index in [2.05, 4.69) is 16.9 Å². The molecule has 7 heteroatoms. The number of pyridine rings is 2. The molecule has 0 amide bonds. The minimum absolute atomic E-state index is 0.121. The second-order valence-electron chi connectivity index (χ2n) is 7.04. The van der Waals surface area contributed by atoms with Gasteiger partial charge in [-0.25, -0.2) is 9.97 Å². The summed E-state index contributed by atoms with van der Waals surface area (Å²) < 4.78 is 0. The van der Waals surface area contributed by atoms with Gasteiger partial charge >= 0.3 is 0 Å². The van der Waals surface area contributed by atoms with Crippen LogP contribution in [0.3, 0.4) is 0 Å². The summed E-state index contributed by atoms with van der Waals surface area (Å²) in [5.74, 6) is 0.271. The van der Waals surface area contributed by atoms with Gasteiger partial charge in [0.2, 0.25) is 0 Å². The van der Waals surface area contributed by atoms with Crippen molar-refractivity contribution in [3.05, 3.63) is 39.8 Å². The molecule has 25 heavy (non-hydrogen) atoms. The molecule has 1 saturated carbocycles. The van der Waals surface area contributed by atoms with E-state index in [9.17, 15) is 5.11 Å². The van der Waals surface area contributed by atoms with Gasteiger partial charge in [0, 0.05) is 28.6 Å². The van der Waals surface area contributed by atoms with E-state index in [1.54, 1.807) is 12.3 Å². The fourth-order valence-corrected chi connectivity index (χ4v) is 3.77. The molecule has 1 aliphatic carbocycles. The van der Waals surface area contributed by atoms with E-state index in [-0.39, 0.29) is 23.2 Å². The van der Waals surface area contributed by atoms with Crippen molar-refractivity contribution in [3.8, 4) is 11.3 Å². The number of hydrogen-bond donors (Lipinski definition) is 3. The first kappa shape index (κ1) is 18.4. The van der Waals surface area contributed by atoms with Crippen LogP contribution in [0.1, 0.15) is 49.8 Å². The minimum atomic E-state index is -0.168. The first-order valence-electron chi connectivity index (χ1n) is 8.31. The topological polar surface area (TPSA) is 98.1 Å². The van der Waals surface area contributed by atoms with Crippen molar-refractivity contribution >= 4 is 28.9 Å². The number of aliphatic hydroxyl groups is 1. The van der Waals surface area contributed by atoms with Crippen molar-refractivity contribution in [2.45, 2.75) is 50.7 Å². The van der Waals surface area contributed by atoms with Gasteiger partial charge in [-0.1, -0.05) is 23.2 Å². The molecule has 2 heterocycles. The average molecular weight is 381 g/mol. The van der Waals surface area contributed by atoms with Gasteiger partial charge in [0.25, 0.3) is 0 Å². The Balaban J connectivity index is 1.98. The van der Waals surface area contributed by atoms with Crippen LogP contribution in [0, 0.1) is 0 Å². The number of nitrogens with two attached hydrogens (primary N) is 2. The zero-order valence-electron chi connectivity index (χ0n) is 14.1. The molecule has 0 aliphatic heterocycles. The highest BCUT2D eigenvalue weighted by Gasteiger charge is 2.30. The van der Waals surface area contributed by atoms with Crippen molar-refractivity contribution in [2.75, 3.05) is 5.73 Å². The molecule has 1 fully saturated rings. The predicted octanol–water partition coefficient (Wildman–Crippen LogP) is 3.90. The highest BCUT2D eigenvalue weighted by molar-refractivity contribution is 6.41. The van der Waals surface area contributed by atoms with Gasteiger partial charge < -0.3 is 16.6 Å². The van der Waals surface area contributed by atoms with Crippen molar-refractivity contribution in [1.29, 1.82) is 0 Å². The van der Waals surface area contributed by atoms with E-state index in [0.29, 0.717) is 27.7 Å². The van der Waals surface area contributed by atoms with Gasteiger partial charge in [-0.2, -0.15) is 0 Å². The molecule has 5 nitrogen and oxygen atoms in total. The Bertz CT molecular complexity index is 785. The molecule has 2 aromatic heterocycles. The predicted molar refractivity (Wildman–Crippen MR) is 102 cm³/mol. The number of halogens is 2. The number of hydrogen-bond acceptors (Lipinski definition) is 5. The Morgan fingerprint density at radius 1 is 1.28 bits per heavy atom. The van der Waals surface area contributed by atoms with Crippen LogP contribution in [0.2, 0.25) is 10.2 Å². The summed E-state index contributed by atoms with van der Waals surface area (Å²) in [6.07, 6.45) is 5.34. The molecule has 1 aliphatic rings. The molecular formula is C18H22Cl2N4O. The number of aromatic nitrogens is 2. The second kappa shape index (κ2) is 7.08. The SMILES string of the molecule is CC1(N)CCC(c2c(N)cc(-c3cnc(Cl)c(Cl)c3)nc2CO)CC1. The molecular weight excluding hydrogens is 359 g/mol. The van der Waals surface area contributed by atoms with Crippen LogP contribution in [0.25, 0.3) is 11.3 Å². The first-order valence-corrected chi connectivity index (χ1v) is 9.07. The van der Waals surface area contributed by atoms with Gasteiger partial charge in [0.05, 0.1) is 23.0 Å². The Kier molecular flexibility index (Phi) is 5.21. The van der Waals surface area contributed by atoms with Crippen LogP contribution < -0.4 is 11.5 Å². The van der Waals surface area contributed by atoms with Gasteiger partial charge in [0.15, 0.2) is 0 Å². The number of anilines is 1. The maximum absolute atomic E-state index is 9.84. The summed E-state index contributed by atoms with van der Waals surface area (Å²) in [5, 5.41) is 10.4. The molecule has 0 saturated heterocycles. The zero-order valence-corrected chi connectivity index (χ0v) is 15.6. The second-order valence-corrected chi connectivity index (χ2v) is 7.81. The highest BCUT2D eigenvalue weighted by Crippen LogP contribution is 2.41. The molecule has 0 atom stereocenters. The fraction of sp³-hybridized carbons (Fsp3) is 0.444. The third-order valence-electron chi connectivity index (χ3n) is 4.95. The third-order valence-corrected chi connectivity index (χ3v) is 5.63. The van der Waals surface area contributed by atoms with Gasteiger partial charge in [-0.3, -0.25) is 0 Å².